The molecule has 0 bridgehead atoms. The van der Waals surface area contributed by atoms with Crippen molar-refractivity contribution in [1.82, 2.24) is 5.32 Å². The zero-order chi connectivity index (χ0) is 24.4. The summed E-state index contributed by atoms with van der Waals surface area (Å²) in [7, 11) is 1.03. The van der Waals surface area contributed by atoms with Gasteiger partial charge in [0.15, 0.2) is 10.7 Å². The molecular weight excluding hydrogens is 481 g/mol. The Kier molecular flexibility index (Phi) is 7.52. The quantitative estimate of drug-likeness (QED) is 0.339. The Morgan fingerprint density at radius 1 is 0.871 bits per heavy atom. The highest BCUT2D eigenvalue weighted by molar-refractivity contribution is 7.80. The lowest BCUT2D eigenvalue weighted by Gasteiger charge is -2.28. The van der Waals surface area contributed by atoms with E-state index in [4.69, 9.17) is 0 Å². The third-order valence-corrected chi connectivity index (χ3v) is 3.49. The van der Waals surface area contributed by atoms with E-state index in [1.54, 1.807) is 0 Å². The second-order valence-electron chi connectivity index (χ2n) is 5.47. The highest BCUT2D eigenvalue weighted by Gasteiger charge is 2.66. The third kappa shape index (κ3) is 6.41. The van der Waals surface area contributed by atoms with Gasteiger partial charge in [0.2, 0.25) is 0 Å². The lowest BCUT2D eigenvalue weighted by Crippen LogP contribution is -2.49. The monoisotopic (exact) mass is 490 g/mol. The summed E-state index contributed by atoms with van der Waals surface area (Å²) in [6.45, 7) is 0. The molecule has 4 nitrogen and oxygen atoms in total. The molecular formula is C15H9F11N2O2S. The van der Waals surface area contributed by atoms with Crippen molar-refractivity contribution in [2.24, 2.45) is 0 Å². The highest BCUT2D eigenvalue weighted by atomic mass is 32.1. The number of allylic oxidation sites excluding steroid dienone is 2. The van der Waals surface area contributed by atoms with Crippen LogP contribution in [0.1, 0.15) is 10.4 Å². The number of ether oxygens (including phenoxy) is 1. The van der Waals surface area contributed by atoms with Crippen molar-refractivity contribution in [3.63, 3.8) is 0 Å². The maximum Gasteiger partial charge on any atom is 0.459 e. The molecule has 2 N–H and O–H groups in total. The SMILES string of the molecule is COC(=O)c1ccc(NC(=S)NC(=C(C(F)(F)F)C(F)(F)F)C(F)(F)C(F)(F)F)cc1. The lowest BCUT2D eigenvalue weighted by molar-refractivity contribution is -0.269. The summed E-state index contributed by atoms with van der Waals surface area (Å²) >= 11 is 4.29. The smallest absolute Gasteiger partial charge is 0.459 e. The van der Waals surface area contributed by atoms with Crippen molar-refractivity contribution in [3.8, 4) is 0 Å². The Morgan fingerprint density at radius 2 is 1.32 bits per heavy atom. The Bertz CT molecular complexity index is 840. The Labute approximate surface area is 171 Å². The molecule has 31 heavy (non-hydrogen) atoms. The number of halogens is 11. The molecule has 0 unspecified atom stereocenters. The molecule has 1 aromatic carbocycles. The van der Waals surface area contributed by atoms with Crippen molar-refractivity contribution in [2.75, 3.05) is 12.4 Å². The number of alkyl halides is 11. The molecule has 0 atom stereocenters. The number of nitrogens with one attached hydrogen (secondary N) is 2. The van der Waals surface area contributed by atoms with Gasteiger partial charge in [0.25, 0.3) is 0 Å². The van der Waals surface area contributed by atoms with Gasteiger partial charge in [-0.15, -0.1) is 0 Å². The minimum absolute atomic E-state index is 0.0625. The molecule has 0 aliphatic rings. The van der Waals surface area contributed by atoms with E-state index in [-0.39, 0.29) is 11.3 Å². The van der Waals surface area contributed by atoms with E-state index in [9.17, 15) is 53.1 Å². The highest BCUT2D eigenvalue weighted by Crippen LogP contribution is 2.48. The minimum atomic E-state index is -6.82. The zero-order valence-corrected chi connectivity index (χ0v) is 15.5. The fraction of sp³-hybridized carbons (Fsp3) is 0.333. The summed E-state index contributed by atoms with van der Waals surface area (Å²) < 4.78 is 146. The van der Waals surface area contributed by atoms with E-state index in [0.29, 0.717) is 5.32 Å². The van der Waals surface area contributed by atoms with E-state index in [0.717, 1.165) is 31.4 Å². The first-order valence-corrected chi connectivity index (χ1v) is 7.83. The molecule has 16 heteroatoms. The van der Waals surface area contributed by atoms with Crippen molar-refractivity contribution < 1.29 is 57.8 Å². The summed E-state index contributed by atoms with van der Waals surface area (Å²) in [5, 5.41) is 1.06. The molecule has 0 aromatic heterocycles. The largest absolute Gasteiger partial charge is 0.465 e. The lowest BCUT2D eigenvalue weighted by atomic mass is 10.1. The summed E-state index contributed by atoms with van der Waals surface area (Å²) in [5.41, 5.74) is -8.01. The Hall–Kier alpha value is -2.65. The van der Waals surface area contributed by atoms with Crippen molar-refractivity contribution in [2.45, 2.75) is 24.5 Å². The summed E-state index contributed by atoms with van der Waals surface area (Å²) in [5.74, 6) is -7.43. The maximum absolute atomic E-state index is 13.6. The first-order valence-electron chi connectivity index (χ1n) is 7.42. The van der Waals surface area contributed by atoms with E-state index >= 15 is 0 Å². The molecule has 0 saturated carbocycles. The molecule has 0 heterocycles. The second-order valence-corrected chi connectivity index (χ2v) is 5.87. The third-order valence-electron chi connectivity index (χ3n) is 3.29. The molecule has 0 spiro atoms. The molecule has 1 aromatic rings. The fourth-order valence-corrected chi connectivity index (χ4v) is 2.19. The van der Waals surface area contributed by atoms with E-state index in [2.05, 4.69) is 17.0 Å². The number of esters is 1. The number of thiocarbonyl (C=S) groups is 1. The molecule has 0 amide bonds. The minimum Gasteiger partial charge on any atom is -0.465 e. The van der Waals surface area contributed by atoms with Crippen LogP contribution < -0.4 is 10.6 Å². The van der Waals surface area contributed by atoms with Gasteiger partial charge in [-0.3, -0.25) is 0 Å². The van der Waals surface area contributed by atoms with Crippen LogP contribution in [0.15, 0.2) is 35.5 Å². The van der Waals surface area contributed by atoms with Crippen LogP contribution in [-0.4, -0.2) is 42.6 Å². The first-order chi connectivity index (χ1) is 13.8. The van der Waals surface area contributed by atoms with Crippen LogP contribution in [0.3, 0.4) is 0 Å². The van der Waals surface area contributed by atoms with Gasteiger partial charge in [-0.1, -0.05) is 0 Å². The molecule has 0 radical (unpaired) electrons. The van der Waals surface area contributed by atoms with Gasteiger partial charge < -0.3 is 15.4 Å². The molecule has 0 saturated heterocycles. The van der Waals surface area contributed by atoms with Crippen LogP contribution in [0.25, 0.3) is 0 Å². The topological polar surface area (TPSA) is 50.4 Å². The van der Waals surface area contributed by atoms with Gasteiger partial charge in [-0.05, 0) is 36.5 Å². The molecule has 1 rings (SSSR count). The Balaban J connectivity index is 3.41. The average molecular weight is 490 g/mol. The molecule has 0 aliphatic carbocycles. The van der Waals surface area contributed by atoms with Crippen LogP contribution >= 0.6 is 12.2 Å². The van der Waals surface area contributed by atoms with Crippen LogP contribution in [-0.2, 0) is 4.74 Å². The molecule has 0 fully saturated rings. The second kappa shape index (κ2) is 8.84. The van der Waals surface area contributed by atoms with Gasteiger partial charge in [0.05, 0.1) is 12.7 Å². The standard InChI is InChI=1S/C15H9F11N2O2S/c1-30-10(29)6-2-4-7(5-3-6)27-11(31)28-9(12(16,17)15(24,25)26)8(13(18,19)20)14(21,22)23/h2-5H,1H3,(H2,27,28,31). The van der Waals surface area contributed by atoms with E-state index < -0.39 is 46.8 Å². The summed E-state index contributed by atoms with van der Waals surface area (Å²) in [6.07, 6.45) is -20.1. The van der Waals surface area contributed by atoms with Crippen molar-refractivity contribution in [3.05, 3.63) is 41.1 Å². The predicted molar refractivity (Wildman–Crippen MR) is 87.3 cm³/mol. The van der Waals surface area contributed by atoms with Crippen LogP contribution in [0.4, 0.5) is 54.0 Å². The Morgan fingerprint density at radius 3 is 1.68 bits per heavy atom. The number of carbonyl (C=O) groups excluding carboxylic acids is 1. The van der Waals surface area contributed by atoms with E-state index in [1.165, 1.54) is 0 Å². The van der Waals surface area contributed by atoms with Crippen molar-refractivity contribution in [1.29, 1.82) is 0 Å². The van der Waals surface area contributed by atoms with Crippen LogP contribution in [0, 0.1) is 0 Å². The first kappa shape index (κ1) is 26.4. The van der Waals surface area contributed by atoms with Crippen LogP contribution in [0.2, 0.25) is 0 Å². The van der Waals surface area contributed by atoms with Gasteiger partial charge in [-0.25, -0.2) is 4.79 Å². The van der Waals surface area contributed by atoms with Gasteiger partial charge in [-0.2, -0.15) is 48.3 Å². The predicted octanol–water partition coefficient (Wildman–Crippen LogP) is 5.34. The summed E-state index contributed by atoms with van der Waals surface area (Å²) in [6, 6.07) is 4.02. The van der Waals surface area contributed by atoms with Crippen molar-refractivity contribution >= 4 is 29.0 Å². The van der Waals surface area contributed by atoms with Gasteiger partial charge in [0, 0.05) is 5.69 Å². The number of rotatable bonds is 4. The zero-order valence-electron chi connectivity index (χ0n) is 14.7. The van der Waals surface area contributed by atoms with Gasteiger partial charge in [0.1, 0.15) is 5.70 Å². The number of methoxy groups -OCH3 is 1. The maximum atomic E-state index is 13.6. The average Bonchev–Trinajstić information content (AvgIpc) is 2.57. The molecule has 0 aliphatic heterocycles. The number of hydrogen-bond donors (Lipinski definition) is 2. The fourth-order valence-electron chi connectivity index (χ4n) is 1.97. The normalized spacial score (nSPS) is 12.8. The molecule has 174 valence electrons. The van der Waals surface area contributed by atoms with Gasteiger partial charge >= 0.3 is 30.4 Å². The van der Waals surface area contributed by atoms with Crippen LogP contribution in [0.5, 0.6) is 0 Å². The number of benzene rings is 1. The number of anilines is 1. The van der Waals surface area contributed by atoms with E-state index in [1.807, 2.05) is 5.32 Å². The number of hydrogen-bond acceptors (Lipinski definition) is 3. The summed E-state index contributed by atoms with van der Waals surface area (Å²) in [4.78, 5) is 11.3. The number of carbonyl (C=O) groups is 1.